The monoisotopic (exact) mass is 200 g/mol. The summed E-state index contributed by atoms with van der Waals surface area (Å²) < 4.78 is 4.97. The molecule has 5 nitrogen and oxygen atoms in total. The SMILES string of the molecule is COCC(C)N1CCC(=O)NCC1=O. The molecule has 1 N–H and O–H groups in total. The summed E-state index contributed by atoms with van der Waals surface area (Å²) in [5.74, 6) is -0.106. The summed E-state index contributed by atoms with van der Waals surface area (Å²) in [5, 5.41) is 2.55. The molecular weight excluding hydrogens is 184 g/mol. The molecule has 1 aliphatic heterocycles. The number of carbonyl (C=O) groups excluding carboxylic acids is 2. The fourth-order valence-corrected chi connectivity index (χ4v) is 1.51. The van der Waals surface area contributed by atoms with E-state index in [0.717, 1.165) is 0 Å². The number of hydrogen-bond acceptors (Lipinski definition) is 3. The van der Waals surface area contributed by atoms with Crippen LogP contribution < -0.4 is 5.32 Å². The normalized spacial score (nSPS) is 20.3. The van der Waals surface area contributed by atoms with Crippen molar-refractivity contribution in [1.82, 2.24) is 10.2 Å². The van der Waals surface area contributed by atoms with Gasteiger partial charge in [0.15, 0.2) is 0 Å². The summed E-state index contributed by atoms with van der Waals surface area (Å²) in [7, 11) is 1.60. The molecule has 1 saturated heterocycles. The van der Waals surface area contributed by atoms with E-state index in [1.54, 1.807) is 12.0 Å². The highest BCUT2D eigenvalue weighted by Crippen LogP contribution is 2.04. The van der Waals surface area contributed by atoms with Gasteiger partial charge in [-0.1, -0.05) is 0 Å². The number of ether oxygens (including phenoxy) is 1. The third-order valence-corrected chi connectivity index (χ3v) is 2.28. The second-order valence-electron chi connectivity index (χ2n) is 3.42. The van der Waals surface area contributed by atoms with E-state index in [1.165, 1.54) is 0 Å². The highest BCUT2D eigenvalue weighted by Gasteiger charge is 2.23. The standard InChI is InChI=1S/C9H16N2O3/c1-7(6-14-2)11-4-3-8(12)10-5-9(11)13/h7H,3-6H2,1-2H3,(H,10,12). The lowest BCUT2D eigenvalue weighted by Crippen LogP contribution is -2.43. The minimum Gasteiger partial charge on any atom is -0.383 e. The van der Waals surface area contributed by atoms with Crippen molar-refractivity contribution in [3.63, 3.8) is 0 Å². The molecule has 1 heterocycles. The molecule has 0 aromatic rings. The lowest BCUT2D eigenvalue weighted by molar-refractivity contribution is -0.132. The van der Waals surface area contributed by atoms with Crippen LogP contribution in [0.2, 0.25) is 0 Å². The van der Waals surface area contributed by atoms with Gasteiger partial charge in [0.1, 0.15) is 0 Å². The van der Waals surface area contributed by atoms with Crippen molar-refractivity contribution in [2.45, 2.75) is 19.4 Å². The van der Waals surface area contributed by atoms with Gasteiger partial charge in [-0.2, -0.15) is 0 Å². The average molecular weight is 200 g/mol. The highest BCUT2D eigenvalue weighted by molar-refractivity contribution is 5.87. The van der Waals surface area contributed by atoms with E-state index in [0.29, 0.717) is 19.6 Å². The maximum atomic E-state index is 11.5. The van der Waals surface area contributed by atoms with E-state index < -0.39 is 0 Å². The molecule has 80 valence electrons. The molecule has 0 saturated carbocycles. The van der Waals surface area contributed by atoms with Crippen LogP contribution in [0.1, 0.15) is 13.3 Å². The minimum atomic E-state index is -0.0644. The molecule has 1 fully saturated rings. The Morgan fingerprint density at radius 2 is 2.29 bits per heavy atom. The Labute approximate surface area is 83.4 Å². The van der Waals surface area contributed by atoms with Crippen molar-refractivity contribution in [1.29, 1.82) is 0 Å². The molecular formula is C9H16N2O3. The number of nitrogens with one attached hydrogen (secondary N) is 1. The zero-order valence-corrected chi connectivity index (χ0v) is 8.58. The first kappa shape index (κ1) is 11.0. The van der Waals surface area contributed by atoms with Crippen LogP contribution in [-0.2, 0) is 14.3 Å². The summed E-state index contributed by atoms with van der Waals surface area (Å²) in [6.07, 6.45) is 0.375. The van der Waals surface area contributed by atoms with Gasteiger partial charge in [0, 0.05) is 20.1 Å². The molecule has 2 amide bonds. The van der Waals surface area contributed by atoms with E-state index >= 15 is 0 Å². The van der Waals surface area contributed by atoms with Crippen molar-refractivity contribution >= 4 is 11.8 Å². The number of carbonyl (C=O) groups is 2. The largest absolute Gasteiger partial charge is 0.383 e. The summed E-state index contributed by atoms with van der Waals surface area (Å²) in [4.78, 5) is 24.2. The Hall–Kier alpha value is -1.10. The molecule has 0 spiro atoms. The fraction of sp³-hybridized carbons (Fsp3) is 0.778. The number of nitrogens with zero attached hydrogens (tertiary/aromatic N) is 1. The van der Waals surface area contributed by atoms with Crippen LogP contribution in [0.3, 0.4) is 0 Å². The maximum Gasteiger partial charge on any atom is 0.242 e. The van der Waals surface area contributed by atoms with Crippen molar-refractivity contribution in [3.8, 4) is 0 Å². The van der Waals surface area contributed by atoms with E-state index in [9.17, 15) is 9.59 Å². The molecule has 1 rings (SSSR count). The van der Waals surface area contributed by atoms with Gasteiger partial charge in [-0.05, 0) is 6.92 Å². The first-order chi connectivity index (χ1) is 6.65. The molecule has 14 heavy (non-hydrogen) atoms. The van der Waals surface area contributed by atoms with Crippen molar-refractivity contribution < 1.29 is 14.3 Å². The Morgan fingerprint density at radius 1 is 1.57 bits per heavy atom. The van der Waals surface area contributed by atoms with E-state index in [-0.39, 0.29) is 24.4 Å². The Kier molecular flexibility index (Phi) is 3.88. The van der Waals surface area contributed by atoms with Gasteiger partial charge in [0.2, 0.25) is 11.8 Å². The van der Waals surface area contributed by atoms with Crippen LogP contribution >= 0.6 is 0 Å². The lowest BCUT2D eigenvalue weighted by Gasteiger charge is -2.26. The summed E-state index contributed by atoms with van der Waals surface area (Å²) >= 11 is 0. The van der Waals surface area contributed by atoms with Crippen LogP contribution in [0.25, 0.3) is 0 Å². The Bertz CT molecular complexity index is 230. The second kappa shape index (κ2) is 4.95. The van der Waals surface area contributed by atoms with Crippen LogP contribution in [0, 0.1) is 0 Å². The third kappa shape index (κ3) is 2.70. The van der Waals surface area contributed by atoms with Crippen molar-refractivity contribution in [2.24, 2.45) is 0 Å². The van der Waals surface area contributed by atoms with Crippen LogP contribution in [0.5, 0.6) is 0 Å². The topological polar surface area (TPSA) is 58.6 Å². The minimum absolute atomic E-state index is 0.0280. The summed E-state index contributed by atoms with van der Waals surface area (Å²) in [5.41, 5.74) is 0. The molecule has 0 bridgehead atoms. The van der Waals surface area contributed by atoms with Gasteiger partial charge in [0.05, 0.1) is 19.2 Å². The summed E-state index contributed by atoms with van der Waals surface area (Å²) in [6.45, 7) is 3.00. The van der Waals surface area contributed by atoms with Gasteiger partial charge in [-0.3, -0.25) is 9.59 Å². The quantitative estimate of drug-likeness (QED) is 0.660. The molecule has 0 aromatic carbocycles. The first-order valence-electron chi connectivity index (χ1n) is 4.70. The molecule has 1 atom stereocenters. The molecule has 1 unspecified atom stereocenters. The van der Waals surface area contributed by atoms with Crippen molar-refractivity contribution in [2.75, 3.05) is 26.8 Å². The Balaban J connectivity index is 2.57. The maximum absolute atomic E-state index is 11.5. The van der Waals surface area contributed by atoms with E-state index in [4.69, 9.17) is 4.74 Å². The number of hydrogen-bond donors (Lipinski definition) is 1. The number of rotatable bonds is 3. The lowest BCUT2D eigenvalue weighted by atomic mass is 10.2. The van der Waals surface area contributed by atoms with Gasteiger partial charge in [-0.15, -0.1) is 0 Å². The molecule has 1 aliphatic rings. The van der Waals surface area contributed by atoms with Gasteiger partial charge in [-0.25, -0.2) is 0 Å². The third-order valence-electron chi connectivity index (χ3n) is 2.28. The van der Waals surface area contributed by atoms with Crippen LogP contribution in [0.15, 0.2) is 0 Å². The Morgan fingerprint density at radius 3 is 2.93 bits per heavy atom. The van der Waals surface area contributed by atoms with Gasteiger partial charge in [0.25, 0.3) is 0 Å². The second-order valence-corrected chi connectivity index (χ2v) is 3.42. The first-order valence-corrected chi connectivity index (χ1v) is 4.70. The summed E-state index contributed by atoms with van der Waals surface area (Å²) in [6, 6.07) is 0.0280. The number of amides is 2. The van der Waals surface area contributed by atoms with E-state index in [1.807, 2.05) is 6.92 Å². The van der Waals surface area contributed by atoms with Crippen LogP contribution in [0.4, 0.5) is 0 Å². The molecule has 0 radical (unpaired) electrons. The van der Waals surface area contributed by atoms with Gasteiger partial charge < -0.3 is 15.0 Å². The molecule has 0 aliphatic carbocycles. The fourth-order valence-electron chi connectivity index (χ4n) is 1.51. The zero-order chi connectivity index (χ0) is 10.6. The average Bonchev–Trinajstić information content (AvgIpc) is 2.30. The number of methoxy groups -OCH3 is 1. The smallest absolute Gasteiger partial charge is 0.242 e. The molecule has 0 aromatic heterocycles. The van der Waals surface area contributed by atoms with E-state index in [2.05, 4.69) is 5.32 Å². The predicted molar refractivity (Wildman–Crippen MR) is 50.7 cm³/mol. The highest BCUT2D eigenvalue weighted by atomic mass is 16.5. The molecule has 5 heteroatoms. The zero-order valence-electron chi connectivity index (χ0n) is 8.58. The van der Waals surface area contributed by atoms with Crippen molar-refractivity contribution in [3.05, 3.63) is 0 Å². The van der Waals surface area contributed by atoms with Gasteiger partial charge >= 0.3 is 0 Å². The predicted octanol–water partition coefficient (Wildman–Crippen LogP) is -0.630. The van der Waals surface area contributed by atoms with Crippen LogP contribution in [-0.4, -0.2) is 49.6 Å².